The number of nitrogens with zero attached hydrogens (tertiary/aromatic N) is 4. The summed E-state index contributed by atoms with van der Waals surface area (Å²) in [5.41, 5.74) is 5.43. The van der Waals surface area contributed by atoms with E-state index in [1.54, 1.807) is 0 Å². The Labute approximate surface area is 205 Å². The van der Waals surface area contributed by atoms with Gasteiger partial charge in [-0.25, -0.2) is 4.98 Å². The Hall–Kier alpha value is -3.39. The molecule has 8 nitrogen and oxygen atoms in total. The molecule has 0 aliphatic carbocycles. The van der Waals surface area contributed by atoms with E-state index in [9.17, 15) is 9.90 Å². The van der Waals surface area contributed by atoms with Gasteiger partial charge in [-0.1, -0.05) is 18.2 Å². The van der Waals surface area contributed by atoms with Gasteiger partial charge in [0.05, 0.1) is 31.4 Å². The van der Waals surface area contributed by atoms with Gasteiger partial charge in [0.1, 0.15) is 5.82 Å². The molecule has 0 radical (unpaired) electrons. The highest BCUT2D eigenvalue weighted by molar-refractivity contribution is 5.68. The van der Waals surface area contributed by atoms with Crippen LogP contribution in [0.1, 0.15) is 47.8 Å². The number of ether oxygens (including phenoxy) is 1. The lowest BCUT2D eigenvalue weighted by Crippen LogP contribution is -2.36. The number of pyridine rings is 1. The predicted molar refractivity (Wildman–Crippen MR) is 135 cm³/mol. The molecule has 3 aromatic rings. The molecule has 184 valence electrons. The van der Waals surface area contributed by atoms with Crippen LogP contribution in [-0.4, -0.2) is 58.7 Å². The topological polar surface area (TPSA) is 92.5 Å². The standard InChI is InChI=1S/C27H33N5O3/c33-26(34)19-25(21-4-1-8-24(18-21)31-14-16-35-17-15-31)32-13-11-23(30-32)7-2-6-22-10-9-20-5-3-12-28-27(20)29-22/h1,4,8-11,13,18,25H,2-3,5-7,12,14-17,19H2,(H,28,29)(H,33,34). The minimum atomic E-state index is -0.837. The fraction of sp³-hybridized carbons (Fsp3) is 0.444. The first-order chi connectivity index (χ1) is 17.2. The molecular formula is C27H33N5O3. The van der Waals surface area contributed by atoms with Gasteiger partial charge in [-0.2, -0.15) is 5.10 Å². The number of aromatic nitrogens is 3. The van der Waals surface area contributed by atoms with E-state index >= 15 is 0 Å². The summed E-state index contributed by atoms with van der Waals surface area (Å²) in [6.07, 6.45) is 6.82. The summed E-state index contributed by atoms with van der Waals surface area (Å²) in [7, 11) is 0. The van der Waals surface area contributed by atoms with Gasteiger partial charge in [0.2, 0.25) is 0 Å². The zero-order valence-electron chi connectivity index (χ0n) is 20.0. The lowest BCUT2D eigenvalue weighted by molar-refractivity contribution is -0.137. The van der Waals surface area contributed by atoms with Gasteiger partial charge in [-0.15, -0.1) is 0 Å². The second kappa shape index (κ2) is 10.9. The number of hydrogen-bond acceptors (Lipinski definition) is 6. The van der Waals surface area contributed by atoms with Crippen LogP contribution in [-0.2, 0) is 28.8 Å². The number of morpholine rings is 1. The molecule has 2 aliphatic heterocycles. The van der Waals surface area contributed by atoms with E-state index in [0.29, 0.717) is 13.2 Å². The second-order valence-corrected chi connectivity index (χ2v) is 9.29. The fourth-order valence-electron chi connectivity index (χ4n) is 4.92. The van der Waals surface area contributed by atoms with Crippen LogP contribution in [0.15, 0.2) is 48.7 Å². The van der Waals surface area contributed by atoms with Crippen molar-refractivity contribution in [3.8, 4) is 0 Å². The average molecular weight is 476 g/mol. The summed E-state index contributed by atoms with van der Waals surface area (Å²) in [5.74, 6) is 0.199. The Kier molecular flexibility index (Phi) is 7.28. The van der Waals surface area contributed by atoms with Gasteiger partial charge in [0, 0.05) is 37.2 Å². The third-order valence-corrected chi connectivity index (χ3v) is 6.80. The van der Waals surface area contributed by atoms with Gasteiger partial charge in [-0.3, -0.25) is 9.48 Å². The van der Waals surface area contributed by atoms with Crippen LogP contribution in [0.5, 0.6) is 0 Å². The summed E-state index contributed by atoms with van der Waals surface area (Å²) >= 11 is 0. The maximum Gasteiger partial charge on any atom is 0.305 e. The summed E-state index contributed by atoms with van der Waals surface area (Å²) < 4.78 is 7.28. The van der Waals surface area contributed by atoms with Crippen molar-refractivity contribution in [3.05, 3.63) is 71.2 Å². The zero-order valence-corrected chi connectivity index (χ0v) is 20.0. The molecule has 1 saturated heterocycles. The summed E-state index contributed by atoms with van der Waals surface area (Å²) in [5, 5.41) is 17.8. The molecule has 1 atom stereocenters. The van der Waals surface area contributed by atoms with E-state index in [1.165, 1.54) is 5.56 Å². The predicted octanol–water partition coefficient (Wildman–Crippen LogP) is 3.71. The number of benzene rings is 1. The third-order valence-electron chi connectivity index (χ3n) is 6.80. The number of fused-ring (bicyclic) bond motifs is 1. The number of carboxylic acids is 1. The van der Waals surface area contributed by atoms with Gasteiger partial charge in [-0.05, 0) is 67.5 Å². The smallest absolute Gasteiger partial charge is 0.305 e. The van der Waals surface area contributed by atoms with E-state index in [1.807, 2.05) is 29.1 Å². The molecule has 0 spiro atoms. The minimum absolute atomic E-state index is 0.0142. The highest BCUT2D eigenvalue weighted by Crippen LogP contribution is 2.27. The Morgan fingerprint density at radius 3 is 2.83 bits per heavy atom. The van der Waals surface area contributed by atoms with Crippen molar-refractivity contribution in [2.75, 3.05) is 43.1 Å². The molecule has 2 aliphatic rings. The van der Waals surface area contributed by atoms with Crippen LogP contribution in [0.3, 0.4) is 0 Å². The Morgan fingerprint density at radius 1 is 1.11 bits per heavy atom. The number of aryl methyl sites for hydroxylation is 3. The van der Waals surface area contributed by atoms with Crippen molar-refractivity contribution in [3.63, 3.8) is 0 Å². The number of carbonyl (C=O) groups is 1. The highest BCUT2D eigenvalue weighted by atomic mass is 16.5. The van der Waals surface area contributed by atoms with E-state index < -0.39 is 5.97 Å². The van der Waals surface area contributed by atoms with Crippen molar-refractivity contribution >= 4 is 17.5 Å². The van der Waals surface area contributed by atoms with Crippen LogP contribution in [0, 0.1) is 0 Å². The third kappa shape index (κ3) is 5.82. The van der Waals surface area contributed by atoms with E-state index in [2.05, 4.69) is 34.5 Å². The lowest BCUT2D eigenvalue weighted by Gasteiger charge is -2.29. The monoisotopic (exact) mass is 475 g/mol. The number of aliphatic carboxylic acids is 1. The molecule has 0 amide bonds. The normalized spacial score (nSPS) is 16.4. The zero-order chi connectivity index (χ0) is 24.0. The van der Waals surface area contributed by atoms with Crippen LogP contribution < -0.4 is 10.2 Å². The average Bonchev–Trinajstić information content (AvgIpc) is 3.36. The van der Waals surface area contributed by atoms with Crippen LogP contribution >= 0.6 is 0 Å². The van der Waals surface area contributed by atoms with Crippen LogP contribution in [0.2, 0.25) is 0 Å². The van der Waals surface area contributed by atoms with E-state index in [4.69, 9.17) is 14.8 Å². The second-order valence-electron chi connectivity index (χ2n) is 9.29. The molecule has 8 heteroatoms. The van der Waals surface area contributed by atoms with Crippen molar-refractivity contribution < 1.29 is 14.6 Å². The molecule has 2 aromatic heterocycles. The molecular weight excluding hydrogens is 442 g/mol. The van der Waals surface area contributed by atoms with Crippen LogP contribution in [0.4, 0.5) is 11.5 Å². The maximum atomic E-state index is 11.7. The summed E-state index contributed by atoms with van der Waals surface area (Å²) in [4.78, 5) is 18.8. The molecule has 1 unspecified atom stereocenters. The molecule has 0 bridgehead atoms. The Balaban J connectivity index is 1.25. The number of hydrogen-bond donors (Lipinski definition) is 2. The lowest BCUT2D eigenvalue weighted by atomic mass is 10.0. The largest absolute Gasteiger partial charge is 0.481 e. The molecule has 1 fully saturated rings. The van der Waals surface area contributed by atoms with Crippen molar-refractivity contribution in [2.24, 2.45) is 0 Å². The molecule has 0 saturated carbocycles. The fourth-order valence-corrected chi connectivity index (χ4v) is 4.92. The molecule has 2 N–H and O–H groups in total. The van der Waals surface area contributed by atoms with Crippen LogP contribution in [0.25, 0.3) is 0 Å². The Bertz CT molecular complexity index is 1160. The van der Waals surface area contributed by atoms with Gasteiger partial charge in [0.15, 0.2) is 0 Å². The summed E-state index contributed by atoms with van der Waals surface area (Å²) in [6, 6.07) is 14.1. The number of carboxylic acid groups (broad SMARTS) is 1. The quantitative estimate of drug-likeness (QED) is 0.487. The van der Waals surface area contributed by atoms with Gasteiger partial charge < -0.3 is 20.1 Å². The first kappa shape index (κ1) is 23.4. The highest BCUT2D eigenvalue weighted by Gasteiger charge is 2.21. The molecule has 5 rings (SSSR count). The first-order valence-electron chi connectivity index (χ1n) is 12.6. The maximum absolute atomic E-state index is 11.7. The van der Waals surface area contributed by atoms with E-state index in [0.717, 1.165) is 80.2 Å². The van der Waals surface area contributed by atoms with Crippen molar-refractivity contribution in [1.29, 1.82) is 0 Å². The SMILES string of the molecule is O=C(O)CC(c1cccc(N2CCOCC2)c1)n1ccc(CCCc2ccc3c(n2)NCCC3)n1. The number of rotatable bonds is 9. The summed E-state index contributed by atoms with van der Waals surface area (Å²) in [6.45, 7) is 4.10. The number of anilines is 2. The Morgan fingerprint density at radius 2 is 1.97 bits per heavy atom. The molecule has 4 heterocycles. The van der Waals surface area contributed by atoms with Crippen molar-refractivity contribution in [2.45, 2.75) is 44.6 Å². The molecule has 1 aromatic carbocycles. The van der Waals surface area contributed by atoms with E-state index in [-0.39, 0.29) is 12.5 Å². The van der Waals surface area contributed by atoms with Gasteiger partial charge >= 0.3 is 5.97 Å². The minimum Gasteiger partial charge on any atom is -0.481 e. The van der Waals surface area contributed by atoms with Gasteiger partial charge in [0.25, 0.3) is 0 Å². The van der Waals surface area contributed by atoms with Crippen molar-refractivity contribution in [1.82, 2.24) is 14.8 Å². The number of nitrogens with one attached hydrogen (secondary N) is 1. The first-order valence-corrected chi connectivity index (χ1v) is 12.6. The molecule has 35 heavy (non-hydrogen) atoms.